The molecule has 1 aromatic rings. The summed E-state index contributed by atoms with van der Waals surface area (Å²) in [6.07, 6.45) is -0.351. The number of benzene rings is 1. The second kappa shape index (κ2) is 7.83. The minimum absolute atomic E-state index is 0.130. The number of piperazine rings is 1. The molecule has 0 spiro atoms. The van der Waals surface area contributed by atoms with Gasteiger partial charge in [0.25, 0.3) is 0 Å². The number of hydrogen-bond donors (Lipinski definition) is 1. The molecule has 8 heteroatoms. The summed E-state index contributed by atoms with van der Waals surface area (Å²) in [5.41, 5.74) is 0.0148. The van der Waals surface area contributed by atoms with Gasteiger partial charge in [-0.05, 0) is 45.9 Å². The van der Waals surface area contributed by atoms with Gasteiger partial charge in [0.15, 0.2) is 0 Å². The zero-order chi connectivity index (χ0) is 18.8. The van der Waals surface area contributed by atoms with Crippen LogP contribution >= 0.6 is 27.5 Å². The van der Waals surface area contributed by atoms with Gasteiger partial charge < -0.3 is 19.9 Å². The van der Waals surface area contributed by atoms with E-state index in [2.05, 4.69) is 21.2 Å². The number of carbonyl (C=O) groups is 2. The standard InChI is InChI=1S/C17H23BrClN3O3/c1-11-10-21(7-8-22(11)16(24)25-17(2,3)4)15(23)20-14-6-5-12(18)9-13(14)19/h5-6,9,11H,7-8,10H2,1-4H3,(H,20,23)/t11-/m1/s1. The molecule has 1 aliphatic heterocycles. The van der Waals surface area contributed by atoms with Gasteiger partial charge in [-0.25, -0.2) is 9.59 Å². The second-order valence-electron chi connectivity index (χ2n) is 7.02. The molecule has 0 aromatic heterocycles. The zero-order valence-electron chi connectivity index (χ0n) is 14.8. The number of nitrogens with one attached hydrogen (secondary N) is 1. The van der Waals surface area contributed by atoms with Crippen molar-refractivity contribution >= 4 is 45.3 Å². The van der Waals surface area contributed by atoms with Crippen molar-refractivity contribution in [3.63, 3.8) is 0 Å². The summed E-state index contributed by atoms with van der Waals surface area (Å²) in [6, 6.07) is 4.91. The van der Waals surface area contributed by atoms with Crippen LogP contribution in [0.4, 0.5) is 15.3 Å². The zero-order valence-corrected chi connectivity index (χ0v) is 17.1. The van der Waals surface area contributed by atoms with Gasteiger partial charge in [-0.1, -0.05) is 27.5 Å². The van der Waals surface area contributed by atoms with E-state index in [0.717, 1.165) is 4.47 Å². The maximum atomic E-state index is 12.5. The lowest BCUT2D eigenvalue weighted by Crippen LogP contribution is -2.57. The third-order valence-electron chi connectivity index (χ3n) is 3.72. The largest absolute Gasteiger partial charge is 0.444 e. The van der Waals surface area contributed by atoms with Gasteiger partial charge in [-0.3, -0.25) is 0 Å². The van der Waals surface area contributed by atoms with Gasteiger partial charge in [0.2, 0.25) is 0 Å². The van der Waals surface area contributed by atoms with E-state index in [0.29, 0.717) is 30.3 Å². The SMILES string of the molecule is C[C@@H]1CN(C(=O)Nc2ccc(Br)cc2Cl)CCN1C(=O)OC(C)(C)C. The summed E-state index contributed by atoms with van der Waals surface area (Å²) in [6.45, 7) is 8.69. The monoisotopic (exact) mass is 431 g/mol. The molecule has 1 fully saturated rings. The first kappa shape index (κ1) is 19.8. The first-order valence-corrected chi connectivity index (χ1v) is 9.24. The molecule has 0 radical (unpaired) electrons. The van der Waals surface area contributed by atoms with Crippen LogP contribution < -0.4 is 5.32 Å². The first-order chi connectivity index (χ1) is 11.6. The van der Waals surface area contributed by atoms with Gasteiger partial charge in [-0.15, -0.1) is 0 Å². The van der Waals surface area contributed by atoms with Crippen molar-refractivity contribution in [1.29, 1.82) is 0 Å². The number of halogens is 2. The summed E-state index contributed by atoms with van der Waals surface area (Å²) in [5.74, 6) is 0. The molecule has 1 aromatic carbocycles. The molecule has 1 heterocycles. The van der Waals surface area contributed by atoms with E-state index < -0.39 is 5.60 Å². The van der Waals surface area contributed by atoms with Crippen molar-refractivity contribution in [3.8, 4) is 0 Å². The Balaban J connectivity index is 1.95. The molecular formula is C17H23BrClN3O3. The highest BCUT2D eigenvalue weighted by Crippen LogP contribution is 2.26. The molecule has 1 aliphatic rings. The normalized spacial score (nSPS) is 18.1. The second-order valence-corrected chi connectivity index (χ2v) is 8.35. The maximum Gasteiger partial charge on any atom is 0.410 e. The molecule has 0 aliphatic carbocycles. The number of ether oxygens (including phenoxy) is 1. The van der Waals surface area contributed by atoms with Crippen LogP contribution in [0.25, 0.3) is 0 Å². The van der Waals surface area contributed by atoms with Crippen molar-refractivity contribution in [3.05, 3.63) is 27.7 Å². The van der Waals surface area contributed by atoms with Gasteiger partial charge >= 0.3 is 12.1 Å². The highest BCUT2D eigenvalue weighted by molar-refractivity contribution is 9.10. The minimum Gasteiger partial charge on any atom is -0.444 e. The van der Waals surface area contributed by atoms with Crippen LogP contribution in [-0.4, -0.2) is 53.2 Å². The molecule has 1 N–H and O–H groups in total. The average molecular weight is 433 g/mol. The van der Waals surface area contributed by atoms with Gasteiger partial charge in [0.05, 0.1) is 10.7 Å². The van der Waals surface area contributed by atoms with Crippen molar-refractivity contribution in [2.24, 2.45) is 0 Å². The van der Waals surface area contributed by atoms with E-state index in [9.17, 15) is 9.59 Å². The molecule has 25 heavy (non-hydrogen) atoms. The Morgan fingerprint density at radius 2 is 2.00 bits per heavy atom. The minimum atomic E-state index is -0.538. The number of anilines is 1. The lowest BCUT2D eigenvalue weighted by molar-refractivity contribution is 0.00589. The summed E-state index contributed by atoms with van der Waals surface area (Å²) in [7, 11) is 0. The Morgan fingerprint density at radius 1 is 1.32 bits per heavy atom. The van der Waals surface area contributed by atoms with Crippen LogP contribution in [0.5, 0.6) is 0 Å². The fourth-order valence-electron chi connectivity index (χ4n) is 2.52. The van der Waals surface area contributed by atoms with Gasteiger partial charge in [0, 0.05) is 30.1 Å². The maximum absolute atomic E-state index is 12.5. The molecule has 1 atom stereocenters. The lowest BCUT2D eigenvalue weighted by Gasteiger charge is -2.40. The summed E-state index contributed by atoms with van der Waals surface area (Å²) < 4.78 is 6.25. The number of urea groups is 1. The molecule has 0 unspecified atom stereocenters. The molecule has 6 nitrogen and oxygen atoms in total. The Labute approximate surface area is 161 Å². The summed E-state index contributed by atoms with van der Waals surface area (Å²) in [4.78, 5) is 28.0. The average Bonchev–Trinajstić information content (AvgIpc) is 2.48. The summed E-state index contributed by atoms with van der Waals surface area (Å²) in [5, 5.41) is 3.27. The molecule has 3 amide bonds. The molecule has 0 saturated carbocycles. The number of nitrogens with zero attached hydrogens (tertiary/aromatic N) is 2. The van der Waals surface area contributed by atoms with Crippen molar-refractivity contribution in [2.45, 2.75) is 39.3 Å². The Bertz CT molecular complexity index is 663. The van der Waals surface area contributed by atoms with E-state index in [1.807, 2.05) is 33.8 Å². The molecule has 2 rings (SSSR count). The van der Waals surface area contributed by atoms with Crippen LogP contribution in [-0.2, 0) is 4.74 Å². The van der Waals surface area contributed by atoms with Crippen molar-refractivity contribution in [2.75, 3.05) is 25.0 Å². The number of rotatable bonds is 1. The topological polar surface area (TPSA) is 61.9 Å². The van der Waals surface area contributed by atoms with Gasteiger partial charge in [0.1, 0.15) is 5.60 Å². The number of carbonyl (C=O) groups excluding carboxylic acids is 2. The predicted octanol–water partition coefficient (Wildman–Crippen LogP) is 4.58. The van der Waals surface area contributed by atoms with Crippen molar-refractivity contribution < 1.29 is 14.3 Å². The fourth-order valence-corrected chi connectivity index (χ4v) is 3.24. The third kappa shape index (κ3) is 5.51. The van der Waals surface area contributed by atoms with Gasteiger partial charge in [-0.2, -0.15) is 0 Å². The highest BCUT2D eigenvalue weighted by Gasteiger charge is 2.32. The Hall–Kier alpha value is -1.47. The van der Waals surface area contributed by atoms with Crippen LogP contribution in [0, 0.1) is 0 Å². The Morgan fingerprint density at radius 3 is 2.56 bits per heavy atom. The first-order valence-electron chi connectivity index (χ1n) is 8.07. The quantitative estimate of drug-likeness (QED) is 0.707. The van der Waals surface area contributed by atoms with E-state index in [4.69, 9.17) is 16.3 Å². The van der Waals surface area contributed by atoms with E-state index in [1.165, 1.54) is 0 Å². The fraction of sp³-hybridized carbons (Fsp3) is 0.529. The van der Waals surface area contributed by atoms with Crippen molar-refractivity contribution in [1.82, 2.24) is 9.80 Å². The van der Waals surface area contributed by atoms with Crippen LogP contribution in [0.1, 0.15) is 27.7 Å². The van der Waals surface area contributed by atoms with E-state index in [-0.39, 0.29) is 18.2 Å². The van der Waals surface area contributed by atoms with Crippen LogP contribution in [0.2, 0.25) is 5.02 Å². The van der Waals surface area contributed by atoms with Crippen LogP contribution in [0.3, 0.4) is 0 Å². The molecular weight excluding hydrogens is 410 g/mol. The Kier molecular flexibility index (Phi) is 6.21. The number of amides is 3. The molecule has 138 valence electrons. The summed E-state index contributed by atoms with van der Waals surface area (Å²) >= 11 is 9.47. The smallest absolute Gasteiger partial charge is 0.410 e. The predicted molar refractivity (Wildman–Crippen MR) is 102 cm³/mol. The number of hydrogen-bond acceptors (Lipinski definition) is 3. The molecule has 0 bridgehead atoms. The third-order valence-corrected chi connectivity index (χ3v) is 4.52. The van der Waals surface area contributed by atoms with E-state index in [1.54, 1.807) is 21.9 Å². The van der Waals surface area contributed by atoms with E-state index >= 15 is 0 Å². The van der Waals surface area contributed by atoms with Crippen LogP contribution in [0.15, 0.2) is 22.7 Å². The molecule has 1 saturated heterocycles. The lowest BCUT2D eigenvalue weighted by atomic mass is 10.2. The highest BCUT2D eigenvalue weighted by atomic mass is 79.9.